The Morgan fingerprint density at radius 1 is 0.596 bits per heavy atom. The molecule has 0 heterocycles. The van der Waals surface area contributed by atoms with Crippen LogP contribution in [0.3, 0.4) is 0 Å². The number of carbonyl (C=O) groups is 1. The molecule has 4 N–H and O–H groups in total. The molecule has 0 aromatic carbocycles. The van der Waals surface area contributed by atoms with Crippen molar-refractivity contribution in [2.75, 3.05) is 52.8 Å². The number of hydrogen-bond donors (Lipinski definition) is 3. The Kier molecular flexibility index (Phi) is 64.3. The predicted octanol–water partition coefficient (Wildman–Crippen LogP) is 14.2. The van der Waals surface area contributed by atoms with Gasteiger partial charge in [0.2, 0.25) is 0 Å². The van der Waals surface area contributed by atoms with Gasteiger partial charge in [-0.2, -0.15) is 0 Å². The molecule has 0 aliphatic carbocycles. The van der Waals surface area contributed by atoms with E-state index in [1.807, 2.05) is 0 Å². The largest absolute Gasteiger partial charge is 0.465 e. The van der Waals surface area contributed by atoms with Crippen LogP contribution in [0, 0.1) is 5.92 Å². The van der Waals surface area contributed by atoms with Gasteiger partial charge in [-0.1, -0.05) is 184 Å². The topological polar surface area (TPSA) is 95.0 Å². The monoisotopic (exact) mass is 768 g/mol. The zero-order valence-electron chi connectivity index (χ0n) is 34.6. The van der Waals surface area contributed by atoms with E-state index in [0.29, 0.717) is 25.7 Å². The summed E-state index contributed by atoms with van der Waals surface area (Å²) in [6.45, 7) is 18.3. The molecule has 0 saturated carbocycles. The van der Waals surface area contributed by atoms with Crippen molar-refractivity contribution in [2.45, 2.75) is 223 Å². The third-order valence-electron chi connectivity index (χ3n) is 9.23. The van der Waals surface area contributed by atoms with Crippen LogP contribution >= 0.6 is 12.8 Å². The summed E-state index contributed by atoms with van der Waals surface area (Å²) in [5.41, 5.74) is 0. The molecule has 0 rings (SSSR count). The Balaban J connectivity index is -0.000000410. The maximum absolute atomic E-state index is 12.1. The third-order valence-corrected chi connectivity index (χ3v) is 9.45. The first kappa shape index (κ1) is 60.9. The average Bonchev–Trinajstić information content (AvgIpc) is 3.10. The van der Waals surface area contributed by atoms with Crippen molar-refractivity contribution >= 4 is 18.8 Å². The molecule has 0 aliphatic rings. The van der Waals surface area contributed by atoms with Crippen LogP contribution in [0.15, 0.2) is 0 Å². The molecule has 52 heavy (non-hydrogen) atoms. The van der Waals surface area contributed by atoms with Crippen LogP contribution in [0.2, 0.25) is 0 Å². The number of esters is 1. The summed E-state index contributed by atoms with van der Waals surface area (Å²) in [4.78, 5) is 14.7. The van der Waals surface area contributed by atoms with E-state index in [9.17, 15) is 4.79 Å². The Morgan fingerprint density at radius 2 is 1.00 bits per heavy atom. The zero-order valence-corrected chi connectivity index (χ0v) is 35.5. The maximum atomic E-state index is 12.1. The molecule has 0 aliphatic heterocycles. The minimum Gasteiger partial charge on any atom is -0.465 e. The quantitative estimate of drug-likeness (QED) is 0.0248. The second-order valence-electron chi connectivity index (χ2n) is 14.4. The molecule has 0 aromatic heterocycles. The van der Waals surface area contributed by atoms with Crippen LogP contribution in [-0.4, -0.2) is 63.7 Å². The number of thiol groups is 1. The highest BCUT2D eigenvalue weighted by Gasteiger charge is 2.08. The second-order valence-corrected chi connectivity index (χ2v) is 14.8. The molecule has 1 unspecified atom stereocenters. The Hall–Kier alpha value is -0.380. The molecule has 0 aromatic rings. The van der Waals surface area contributed by atoms with Gasteiger partial charge in [-0.3, -0.25) is 9.52 Å². The van der Waals surface area contributed by atoms with E-state index in [4.69, 9.17) is 14.2 Å². The van der Waals surface area contributed by atoms with Gasteiger partial charge in [-0.15, -0.1) is 0 Å². The molecule has 0 fully saturated rings. The number of carbonyl (C=O) groups excluding carboxylic acids is 1. The highest BCUT2D eigenvalue weighted by molar-refractivity contribution is 7.78. The van der Waals surface area contributed by atoms with Gasteiger partial charge in [-0.25, -0.2) is 0 Å². The second kappa shape index (κ2) is 55.0. The van der Waals surface area contributed by atoms with Crippen molar-refractivity contribution in [3.05, 3.63) is 0 Å². The van der Waals surface area contributed by atoms with Gasteiger partial charge in [0.25, 0.3) is 0 Å². The zero-order chi connectivity index (χ0) is 36.3. The van der Waals surface area contributed by atoms with E-state index in [1.165, 1.54) is 141 Å². The highest BCUT2D eigenvalue weighted by atomic mass is 32.1. The van der Waals surface area contributed by atoms with E-state index in [0.717, 1.165) is 65.0 Å². The van der Waals surface area contributed by atoms with Gasteiger partial charge >= 0.3 is 5.97 Å². The summed E-state index contributed by atoms with van der Waals surface area (Å²) in [6, 6.07) is 0. The lowest BCUT2D eigenvalue weighted by Crippen LogP contribution is -2.28. The number of nitrogens with zero attached hydrogens (tertiary/aromatic N) is 1. The predicted molar refractivity (Wildman–Crippen MR) is 238 cm³/mol. The lowest BCUT2D eigenvalue weighted by molar-refractivity contribution is -0.145. The fraction of sp³-hybridized carbons (Fsp3) is 0.977. The van der Waals surface area contributed by atoms with Crippen molar-refractivity contribution in [1.82, 2.24) is 15.8 Å². The Bertz CT molecular complexity index is 619. The summed E-state index contributed by atoms with van der Waals surface area (Å²) in [5, 5.41) is 0. The van der Waals surface area contributed by atoms with Crippen LogP contribution in [0.4, 0.5) is 0 Å². The number of nitrogens with one attached hydrogen (secondary N) is 1. The molecule has 0 bridgehead atoms. The summed E-state index contributed by atoms with van der Waals surface area (Å²) in [5.74, 6) is 0.467. The van der Waals surface area contributed by atoms with E-state index in [-0.39, 0.29) is 28.4 Å². The van der Waals surface area contributed by atoms with E-state index in [1.54, 1.807) is 0 Å². The van der Waals surface area contributed by atoms with Crippen molar-refractivity contribution < 1.29 is 20.4 Å². The minimum atomic E-state index is -0.0126. The molecule has 8 heteroatoms. The fourth-order valence-corrected chi connectivity index (χ4v) is 6.05. The molecule has 0 amide bonds. The first-order valence-corrected chi connectivity index (χ1v) is 21.9. The molecule has 7 nitrogen and oxygen atoms in total. The van der Waals surface area contributed by atoms with E-state index in [2.05, 4.69) is 57.1 Å². The minimum absolute atomic E-state index is 0. The molecule has 0 radical (unpaired) electrons. The molecular weight excluding hydrogens is 667 g/mol. The lowest BCUT2D eigenvalue weighted by atomic mass is 10.0. The molecule has 1 atom stereocenters. The first-order chi connectivity index (χ1) is 24.0. The maximum Gasteiger partial charge on any atom is 0.305 e. The number of rotatable bonds is 39. The van der Waals surface area contributed by atoms with Crippen LogP contribution in [0.1, 0.15) is 224 Å². The molecule has 0 saturated heterocycles. The lowest BCUT2D eigenvalue weighted by Gasteiger charge is -2.22. The highest BCUT2D eigenvalue weighted by Crippen LogP contribution is 2.13. The van der Waals surface area contributed by atoms with E-state index >= 15 is 0 Å². The van der Waals surface area contributed by atoms with Crippen molar-refractivity contribution in [3.8, 4) is 0 Å². The van der Waals surface area contributed by atoms with E-state index < -0.39 is 0 Å². The van der Waals surface area contributed by atoms with Gasteiger partial charge in [-0.05, 0) is 70.5 Å². The van der Waals surface area contributed by atoms with Gasteiger partial charge in [0, 0.05) is 27.6 Å². The average molecular weight is 768 g/mol. The van der Waals surface area contributed by atoms with Gasteiger partial charge < -0.3 is 25.3 Å². The summed E-state index contributed by atoms with van der Waals surface area (Å²) < 4.78 is 19.6. The smallest absolute Gasteiger partial charge is 0.305 e. The SMILES string of the molecule is C.C.CCCCCCCC.CCCCCCCC(C)COC(=O)CCCCCCN(CCCCCCCOCOCCCCCC)CCCNS.N.[HH]. The van der Waals surface area contributed by atoms with Crippen LogP contribution in [0.25, 0.3) is 0 Å². The summed E-state index contributed by atoms with van der Waals surface area (Å²) in [6.07, 6.45) is 33.5. The Morgan fingerprint density at radius 3 is 1.50 bits per heavy atom. The normalized spacial score (nSPS) is 11.2. The molecule has 0 spiro atoms. The standard InChI is InChI=1S/C34H70N2O4S.C8H18.2CH4.H3N.H2/c1-4-6-8-11-16-23-33(3)31-40-34(37)24-17-12-14-19-27-36(28-22-25-35-41)26-18-13-10-15-21-30-39-32-38-29-20-9-7-5-2;1-3-5-7-8-6-4-2;;;;/h33,35,41H,4-32H2,1-3H3;3-8H2,1-2H3;2*1H4;1H3;1H. The molecular formula is C44H101N3O4S. The van der Waals surface area contributed by atoms with Crippen LogP contribution in [0.5, 0.6) is 0 Å². The van der Waals surface area contributed by atoms with Crippen molar-refractivity contribution in [3.63, 3.8) is 0 Å². The molecule has 322 valence electrons. The van der Waals surface area contributed by atoms with Gasteiger partial charge in [0.05, 0.1) is 6.61 Å². The first-order valence-electron chi connectivity index (χ1n) is 21.5. The summed E-state index contributed by atoms with van der Waals surface area (Å²) >= 11 is 4.14. The number of ether oxygens (including phenoxy) is 3. The van der Waals surface area contributed by atoms with Crippen LogP contribution in [-0.2, 0) is 19.0 Å². The van der Waals surface area contributed by atoms with Crippen molar-refractivity contribution in [1.29, 1.82) is 0 Å². The van der Waals surface area contributed by atoms with Crippen molar-refractivity contribution in [2.24, 2.45) is 5.92 Å². The Labute approximate surface area is 335 Å². The fourth-order valence-electron chi connectivity index (χ4n) is 5.89. The van der Waals surface area contributed by atoms with Crippen LogP contribution < -0.4 is 10.9 Å². The van der Waals surface area contributed by atoms with Gasteiger partial charge in [0.1, 0.15) is 6.79 Å². The number of unbranched alkanes of at least 4 members (excludes halogenated alkanes) is 19. The third kappa shape index (κ3) is 54.0. The number of hydrogen-bond acceptors (Lipinski definition) is 8. The summed E-state index contributed by atoms with van der Waals surface area (Å²) in [7, 11) is 0. The van der Waals surface area contributed by atoms with Gasteiger partial charge in [0.15, 0.2) is 0 Å².